The summed E-state index contributed by atoms with van der Waals surface area (Å²) >= 11 is 1.59. The van der Waals surface area contributed by atoms with Crippen molar-refractivity contribution in [3.8, 4) is 10.6 Å². The molecule has 7 heteroatoms. The van der Waals surface area contributed by atoms with E-state index in [1.807, 2.05) is 23.6 Å². The number of hydrogen-bond donors (Lipinski definition) is 2. The molecule has 122 valence electrons. The Balaban J connectivity index is 1.56. The number of nitrogens with one attached hydrogen (secondary N) is 2. The van der Waals surface area contributed by atoms with Gasteiger partial charge in [0.2, 0.25) is 0 Å². The molecule has 0 unspecified atom stereocenters. The van der Waals surface area contributed by atoms with Gasteiger partial charge in [-0.15, -0.1) is 11.3 Å². The fourth-order valence-corrected chi connectivity index (χ4v) is 3.39. The first-order valence-corrected chi connectivity index (χ1v) is 8.48. The van der Waals surface area contributed by atoms with E-state index in [0.29, 0.717) is 18.8 Å². The summed E-state index contributed by atoms with van der Waals surface area (Å²) in [6, 6.07) is 12.1. The van der Waals surface area contributed by atoms with Crippen LogP contribution in [0.2, 0.25) is 0 Å². The molecule has 0 saturated carbocycles. The molecule has 3 heterocycles. The van der Waals surface area contributed by atoms with E-state index in [1.165, 1.54) is 12.1 Å². The van der Waals surface area contributed by atoms with Gasteiger partial charge in [-0.3, -0.25) is 10.1 Å². The van der Waals surface area contributed by atoms with Crippen molar-refractivity contribution in [1.29, 1.82) is 0 Å². The number of benzene rings is 1. The molecular weight excluding hydrogens is 327 g/mol. The fraction of sp³-hybridized carbons (Fsp3) is 0.176. The van der Waals surface area contributed by atoms with Gasteiger partial charge in [-0.05, 0) is 35.2 Å². The lowest BCUT2D eigenvalue weighted by molar-refractivity contribution is 0.0900. The summed E-state index contributed by atoms with van der Waals surface area (Å²) in [6.07, 6.45) is -0.142. The molecule has 0 radical (unpaired) electrons. The van der Waals surface area contributed by atoms with E-state index in [0.717, 1.165) is 16.1 Å². The van der Waals surface area contributed by atoms with Crippen molar-refractivity contribution in [2.75, 3.05) is 6.54 Å². The van der Waals surface area contributed by atoms with Crippen LogP contribution in [0.1, 0.15) is 22.2 Å². The highest BCUT2D eigenvalue weighted by molar-refractivity contribution is 7.13. The number of carbonyl (C=O) groups is 1. The lowest BCUT2D eigenvalue weighted by Crippen LogP contribution is -2.45. The standard InChI is InChI=1S/C17H15FN4OS/c18-12-5-3-11(4-6-12)9-19-16-10-20-17(23)14-8-13(21-22(14)16)15-2-1-7-24-15/h1-8,16,19H,9-10H2,(H,20,23)/t16-/m1/s1. The third-order valence-corrected chi connectivity index (χ3v) is 4.84. The van der Waals surface area contributed by atoms with Crippen LogP contribution >= 0.6 is 11.3 Å². The number of nitrogens with zero attached hydrogens (tertiary/aromatic N) is 2. The number of amides is 1. The molecule has 1 amide bonds. The molecule has 1 aliphatic heterocycles. The van der Waals surface area contributed by atoms with Crippen LogP contribution in [0.3, 0.4) is 0 Å². The van der Waals surface area contributed by atoms with Crippen molar-refractivity contribution in [3.05, 3.63) is 64.9 Å². The zero-order valence-electron chi connectivity index (χ0n) is 12.7. The van der Waals surface area contributed by atoms with Gasteiger partial charge in [0.05, 0.1) is 11.4 Å². The normalized spacial score (nSPS) is 16.7. The maximum atomic E-state index is 13.0. The second-order valence-corrected chi connectivity index (χ2v) is 6.52. The van der Waals surface area contributed by atoms with Crippen LogP contribution in [0, 0.1) is 5.82 Å². The monoisotopic (exact) mass is 342 g/mol. The van der Waals surface area contributed by atoms with E-state index >= 15 is 0 Å². The summed E-state index contributed by atoms with van der Waals surface area (Å²) in [5.41, 5.74) is 2.31. The van der Waals surface area contributed by atoms with Crippen LogP contribution in [0.4, 0.5) is 4.39 Å². The SMILES string of the molecule is O=C1NC[C@H](NCc2ccc(F)cc2)n2nc(-c3cccs3)cc21. The van der Waals surface area contributed by atoms with Crippen LogP contribution < -0.4 is 10.6 Å². The second-order valence-electron chi connectivity index (χ2n) is 5.57. The van der Waals surface area contributed by atoms with Gasteiger partial charge in [0, 0.05) is 6.54 Å². The maximum Gasteiger partial charge on any atom is 0.269 e. The van der Waals surface area contributed by atoms with Crippen LogP contribution in [0.15, 0.2) is 47.8 Å². The first-order valence-electron chi connectivity index (χ1n) is 7.60. The molecule has 24 heavy (non-hydrogen) atoms. The van der Waals surface area contributed by atoms with E-state index in [9.17, 15) is 9.18 Å². The molecule has 4 rings (SSSR count). The molecule has 0 bridgehead atoms. The van der Waals surface area contributed by atoms with Gasteiger partial charge < -0.3 is 5.32 Å². The Labute approximate surface area is 142 Å². The Morgan fingerprint density at radius 2 is 2.17 bits per heavy atom. The topological polar surface area (TPSA) is 59.0 Å². The molecule has 1 atom stereocenters. The average Bonchev–Trinajstić information content (AvgIpc) is 3.25. The molecule has 0 aliphatic carbocycles. The van der Waals surface area contributed by atoms with Gasteiger partial charge >= 0.3 is 0 Å². The zero-order valence-corrected chi connectivity index (χ0v) is 13.5. The van der Waals surface area contributed by atoms with Crippen molar-refractivity contribution in [1.82, 2.24) is 20.4 Å². The quantitative estimate of drug-likeness (QED) is 0.766. The Morgan fingerprint density at radius 3 is 2.92 bits per heavy atom. The van der Waals surface area contributed by atoms with Crippen molar-refractivity contribution < 1.29 is 9.18 Å². The summed E-state index contributed by atoms with van der Waals surface area (Å²) in [6.45, 7) is 1.02. The van der Waals surface area contributed by atoms with E-state index in [-0.39, 0.29) is 17.9 Å². The molecule has 5 nitrogen and oxygen atoms in total. The molecule has 0 saturated heterocycles. The Hall–Kier alpha value is -2.51. The predicted octanol–water partition coefficient (Wildman–Crippen LogP) is 2.78. The maximum absolute atomic E-state index is 13.0. The van der Waals surface area contributed by atoms with Gasteiger partial charge in [0.25, 0.3) is 5.91 Å². The number of hydrogen-bond acceptors (Lipinski definition) is 4. The zero-order chi connectivity index (χ0) is 16.5. The number of thiophene rings is 1. The highest BCUT2D eigenvalue weighted by Crippen LogP contribution is 2.26. The van der Waals surface area contributed by atoms with Crippen molar-refractivity contribution in [2.24, 2.45) is 0 Å². The summed E-state index contributed by atoms with van der Waals surface area (Å²) in [5.74, 6) is -0.372. The molecule has 3 aromatic rings. The molecule has 0 spiro atoms. The summed E-state index contributed by atoms with van der Waals surface area (Å²) in [7, 11) is 0. The highest BCUT2D eigenvalue weighted by atomic mass is 32.1. The minimum atomic E-state index is -0.251. The van der Waals surface area contributed by atoms with Crippen LogP contribution in [-0.4, -0.2) is 22.2 Å². The van der Waals surface area contributed by atoms with E-state index in [2.05, 4.69) is 15.7 Å². The predicted molar refractivity (Wildman–Crippen MR) is 90.1 cm³/mol. The largest absolute Gasteiger partial charge is 0.347 e. The van der Waals surface area contributed by atoms with Crippen LogP contribution in [0.25, 0.3) is 10.6 Å². The lowest BCUT2D eigenvalue weighted by Gasteiger charge is -2.25. The minimum Gasteiger partial charge on any atom is -0.347 e. The van der Waals surface area contributed by atoms with Gasteiger partial charge in [-0.1, -0.05) is 18.2 Å². The van der Waals surface area contributed by atoms with Gasteiger partial charge in [0.15, 0.2) is 0 Å². The lowest BCUT2D eigenvalue weighted by atomic mass is 10.2. The Bertz CT molecular complexity index is 857. The van der Waals surface area contributed by atoms with Gasteiger partial charge in [0.1, 0.15) is 23.4 Å². The number of aromatic nitrogens is 2. The first kappa shape index (κ1) is 15.0. The second kappa shape index (κ2) is 6.18. The number of carbonyl (C=O) groups excluding carboxylic acids is 1. The molecule has 2 aromatic heterocycles. The molecule has 1 aromatic carbocycles. The van der Waals surface area contributed by atoms with E-state index in [1.54, 1.807) is 28.2 Å². The van der Waals surface area contributed by atoms with Gasteiger partial charge in [-0.25, -0.2) is 9.07 Å². The summed E-state index contributed by atoms with van der Waals surface area (Å²) in [4.78, 5) is 13.1. The van der Waals surface area contributed by atoms with Crippen molar-refractivity contribution >= 4 is 17.2 Å². The third-order valence-electron chi connectivity index (χ3n) is 3.95. The van der Waals surface area contributed by atoms with Crippen LogP contribution in [-0.2, 0) is 6.54 Å². The first-order chi connectivity index (χ1) is 11.7. The van der Waals surface area contributed by atoms with E-state index < -0.39 is 0 Å². The molecule has 1 aliphatic rings. The molecule has 2 N–H and O–H groups in total. The summed E-state index contributed by atoms with van der Waals surface area (Å²) in [5, 5.41) is 12.8. The number of rotatable bonds is 4. The Kier molecular flexibility index (Phi) is 3.87. The van der Waals surface area contributed by atoms with Gasteiger partial charge in [-0.2, -0.15) is 5.10 Å². The van der Waals surface area contributed by atoms with Crippen LogP contribution in [0.5, 0.6) is 0 Å². The average molecular weight is 342 g/mol. The molecular formula is C17H15FN4OS. The van der Waals surface area contributed by atoms with Crippen molar-refractivity contribution in [3.63, 3.8) is 0 Å². The third kappa shape index (κ3) is 2.83. The summed E-state index contributed by atoms with van der Waals surface area (Å²) < 4.78 is 14.7. The van der Waals surface area contributed by atoms with E-state index in [4.69, 9.17) is 0 Å². The minimum absolute atomic E-state index is 0.120. The Morgan fingerprint density at radius 1 is 1.33 bits per heavy atom. The number of halogens is 1. The molecule has 0 fully saturated rings. The smallest absolute Gasteiger partial charge is 0.269 e. The van der Waals surface area contributed by atoms with Crippen molar-refractivity contribution in [2.45, 2.75) is 12.7 Å². The number of fused-ring (bicyclic) bond motifs is 1. The highest BCUT2D eigenvalue weighted by Gasteiger charge is 2.27. The fourth-order valence-electron chi connectivity index (χ4n) is 2.71.